The van der Waals surface area contributed by atoms with Gasteiger partial charge in [0.2, 0.25) is 0 Å². The summed E-state index contributed by atoms with van der Waals surface area (Å²) in [5.74, 6) is 1.93. The second-order valence-corrected chi connectivity index (χ2v) is 7.86. The van der Waals surface area contributed by atoms with Crippen LogP contribution < -0.4 is 0 Å². The molecule has 0 fully saturated rings. The maximum atomic E-state index is 5.79. The minimum Gasteiger partial charge on any atom is -0.361 e. The average Bonchev–Trinajstić information content (AvgIpc) is 3.08. The fourth-order valence-electron chi connectivity index (χ4n) is 3.38. The molecule has 1 unspecified atom stereocenters. The average molecular weight is 395 g/mol. The van der Waals surface area contributed by atoms with Gasteiger partial charge in [-0.15, -0.1) is 0 Å². The summed E-state index contributed by atoms with van der Waals surface area (Å²) in [6.45, 7) is 10.6. The second-order valence-electron chi connectivity index (χ2n) is 7.49. The maximum Gasteiger partial charge on any atom is 0.199 e. The molecule has 0 saturated heterocycles. The van der Waals surface area contributed by atoms with Gasteiger partial charge < -0.3 is 9.09 Å². The van der Waals surface area contributed by atoms with E-state index < -0.39 is 0 Å². The third-order valence-electron chi connectivity index (χ3n) is 4.98. The largest absolute Gasteiger partial charge is 0.361 e. The van der Waals surface area contributed by atoms with Gasteiger partial charge in [-0.05, 0) is 60.1 Å². The Labute approximate surface area is 167 Å². The van der Waals surface area contributed by atoms with Crippen molar-refractivity contribution in [3.63, 3.8) is 0 Å². The quantitative estimate of drug-likeness (QED) is 0.569. The first kappa shape index (κ1) is 21.8. The van der Waals surface area contributed by atoms with Gasteiger partial charge in [0.25, 0.3) is 0 Å². The molecule has 2 heterocycles. The highest BCUT2D eigenvalue weighted by Crippen LogP contribution is 2.22. The normalized spacial score (nSPS) is 13.1. The Morgan fingerprint density at radius 3 is 2.41 bits per heavy atom. The second kappa shape index (κ2) is 9.61. The molecular formula is C19H34N6OS. The molecule has 2 rings (SSSR count). The van der Waals surface area contributed by atoms with Crippen LogP contribution >= 0.6 is 12.2 Å². The van der Waals surface area contributed by atoms with Crippen molar-refractivity contribution < 1.29 is 4.52 Å². The molecule has 0 saturated carbocycles. The van der Waals surface area contributed by atoms with Gasteiger partial charge in [-0.25, -0.2) is 4.68 Å². The number of nitrogens with zero attached hydrogens (tertiary/aromatic N) is 6. The van der Waals surface area contributed by atoms with Crippen LogP contribution in [0, 0.1) is 18.6 Å². The van der Waals surface area contributed by atoms with E-state index in [2.05, 4.69) is 54.5 Å². The van der Waals surface area contributed by atoms with E-state index in [4.69, 9.17) is 21.8 Å². The van der Waals surface area contributed by atoms with Gasteiger partial charge >= 0.3 is 0 Å². The Hall–Kier alpha value is -1.51. The van der Waals surface area contributed by atoms with Gasteiger partial charge in [0.05, 0.1) is 18.4 Å². The third kappa shape index (κ3) is 5.06. The minimum atomic E-state index is 0.262. The lowest BCUT2D eigenvalue weighted by Gasteiger charge is -2.22. The number of aromatic nitrogens is 4. The summed E-state index contributed by atoms with van der Waals surface area (Å²) in [4.78, 5) is 4.41. The van der Waals surface area contributed by atoms with E-state index in [-0.39, 0.29) is 6.04 Å². The lowest BCUT2D eigenvalue weighted by Crippen LogP contribution is -2.24. The molecule has 0 aliphatic heterocycles. The molecule has 0 spiro atoms. The van der Waals surface area contributed by atoms with Crippen LogP contribution in [0.4, 0.5) is 0 Å². The molecule has 0 amide bonds. The van der Waals surface area contributed by atoms with E-state index in [1.54, 1.807) is 0 Å². The zero-order chi connectivity index (χ0) is 20.1. The van der Waals surface area contributed by atoms with Crippen LogP contribution in [0.2, 0.25) is 0 Å². The lowest BCUT2D eigenvalue weighted by atomic mass is 10.2. The van der Waals surface area contributed by atoms with Crippen molar-refractivity contribution in [3.8, 4) is 0 Å². The highest BCUT2D eigenvalue weighted by atomic mass is 32.1. The Bertz CT molecular complexity index is 771. The predicted molar refractivity (Wildman–Crippen MR) is 110 cm³/mol. The Morgan fingerprint density at radius 2 is 1.89 bits per heavy atom. The summed E-state index contributed by atoms with van der Waals surface area (Å²) in [7, 11) is 6.27. The van der Waals surface area contributed by atoms with Crippen LogP contribution in [0.1, 0.15) is 62.0 Å². The van der Waals surface area contributed by atoms with Crippen LogP contribution in [0.5, 0.6) is 0 Å². The van der Waals surface area contributed by atoms with E-state index in [1.165, 1.54) is 0 Å². The van der Waals surface area contributed by atoms with Gasteiger partial charge in [-0.1, -0.05) is 25.4 Å². The first-order chi connectivity index (χ1) is 12.8. The number of hydrogen-bond donors (Lipinski definition) is 0. The van der Waals surface area contributed by atoms with Crippen LogP contribution in [-0.4, -0.2) is 50.4 Å². The molecule has 2 aromatic heterocycles. The van der Waals surface area contributed by atoms with Crippen molar-refractivity contribution in [2.45, 2.75) is 72.8 Å². The van der Waals surface area contributed by atoms with Crippen molar-refractivity contribution >= 4 is 12.2 Å². The van der Waals surface area contributed by atoms with Crippen LogP contribution in [-0.2, 0) is 19.8 Å². The smallest absolute Gasteiger partial charge is 0.199 e. The van der Waals surface area contributed by atoms with E-state index in [0.29, 0.717) is 6.67 Å². The zero-order valence-corrected chi connectivity index (χ0v) is 18.6. The molecule has 0 N–H and O–H groups in total. The first-order valence-electron chi connectivity index (χ1n) is 9.74. The molecule has 27 heavy (non-hydrogen) atoms. The van der Waals surface area contributed by atoms with Crippen molar-refractivity contribution in [3.05, 3.63) is 27.6 Å². The number of rotatable bonds is 10. The Morgan fingerprint density at radius 1 is 1.19 bits per heavy atom. The predicted octanol–water partition coefficient (Wildman–Crippen LogP) is 3.92. The Kier molecular flexibility index (Phi) is 7.76. The third-order valence-corrected chi connectivity index (χ3v) is 5.41. The van der Waals surface area contributed by atoms with Crippen LogP contribution in [0.15, 0.2) is 4.52 Å². The van der Waals surface area contributed by atoms with Gasteiger partial charge in [0.1, 0.15) is 11.6 Å². The van der Waals surface area contributed by atoms with E-state index in [9.17, 15) is 0 Å². The fraction of sp³-hybridized carbons (Fsp3) is 0.737. The van der Waals surface area contributed by atoms with Crippen LogP contribution in [0.25, 0.3) is 0 Å². The van der Waals surface area contributed by atoms with Crippen molar-refractivity contribution in [1.29, 1.82) is 0 Å². The van der Waals surface area contributed by atoms with Crippen molar-refractivity contribution in [2.75, 3.05) is 21.1 Å². The molecule has 8 heteroatoms. The molecule has 0 aromatic carbocycles. The monoisotopic (exact) mass is 394 g/mol. The van der Waals surface area contributed by atoms with E-state index in [0.717, 1.165) is 60.0 Å². The molecule has 0 radical (unpaired) electrons. The zero-order valence-electron chi connectivity index (χ0n) is 17.8. The SMILES string of the molecule is CCCCn1c(C(CC)N(C)C)nn(CN(C)Cc2c(C)noc2C)c1=S. The standard InChI is InChI=1S/C19H34N6OS/c1-8-10-11-24-18(17(9-2)22(5)6)20-25(19(24)27)13-23(7)12-16-14(3)21-26-15(16)4/h17H,8-13H2,1-7H3. The fourth-order valence-corrected chi connectivity index (χ4v) is 3.66. The number of hydrogen-bond acceptors (Lipinski definition) is 6. The van der Waals surface area contributed by atoms with Gasteiger partial charge in [-0.2, -0.15) is 5.10 Å². The summed E-state index contributed by atoms with van der Waals surface area (Å²) in [6, 6.07) is 0.262. The van der Waals surface area contributed by atoms with Crippen molar-refractivity contribution in [2.24, 2.45) is 0 Å². The molecule has 1 atom stereocenters. The molecule has 2 aromatic rings. The summed E-state index contributed by atoms with van der Waals surface area (Å²) >= 11 is 5.79. The number of unbranched alkanes of at least 4 members (excludes halogenated alkanes) is 1. The summed E-state index contributed by atoms with van der Waals surface area (Å²) in [5.41, 5.74) is 2.07. The summed E-state index contributed by atoms with van der Waals surface area (Å²) in [6.07, 6.45) is 3.24. The first-order valence-corrected chi connectivity index (χ1v) is 10.1. The highest BCUT2D eigenvalue weighted by Gasteiger charge is 2.22. The highest BCUT2D eigenvalue weighted by molar-refractivity contribution is 7.71. The summed E-state index contributed by atoms with van der Waals surface area (Å²) < 4.78 is 10.2. The molecule has 0 aliphatic carbocycles. The minimum absolute atomic E-state index is 0.262. The molecule has 0 bridgehead atoms. The topological polar surface area (TPSA) is 55.3 Å². The van der Waals surface area contributed by atoms with E-state index in [1.807, 2.05) is 18.5 Å². The molecule has 0 aliphatic rings. The maximum absolute atomic E-state index is 5.79. The van der Waals surface area contributed by atoms with Gasteiger partial charge in [0, 0.05) is 18.7 Å². The summed E-state index contributed by atoms with van der Waals surface area (Å²) in [5, 5.41) is 8.97. The Balaban J connectivity index is 2.28. The van der Waals surface area contributed by atoms with Gasteiger partial charge in [-0.3, -0.25) is 9.80 Å². The molecule has 7 nitrogen and oxygen atoms in total. The molecule has 152 valence electrons. The van der Waals surface area contributed by atoms with Crippen LogP contribution in [0.3, 0.4) is 0 Å². The van der Waals surface area contributed by atoms with Gasteiger partial charge in [0.15, 0.2) is 4.77 Å². The van der Waals surface area contributed by atoms with E-state index >= 15 is 0 Å². The number of aryl methyl sites for hydroxylation is 2. The molecular weight excluding hydrogens is 360 g/mol. The lowest BCUT2D eigenvalue weighted by molar-refractivity contribution is 0.237. The van der Waals surface area contributed by atoms with Crippen molar-refractivity contribution in [1.82, 2.24) is 29.3 Å².